The molecule has 2 heterocycles. The first-order valence-corrected chi connectivity index (χ1v) is 9.02. The smallest absolute Gasteiger partial charge is 0.215 e. The maximum absolute atomic E-state index is 14.1. The van der Waals surface area contributed by atoms with Crippen molar-refractivity contribution in [2.75, 3.05) is 5.32 Å². The van der Waals surface area contributed by atoms with Crippen LogP contribution in [0.3, 0.4) is 0 Å². The van der Waals surface area contributed by atoms with Gasteiger partial charge < -0.3 is 5.32 Å². The van der Waals surface area contributed by atoms with Gasteiger partial charge in [0.25, 0.3) is 0 Å². The molecule has 0 fully saturated rings. The maximum Gasteiger partial charge on any atom is 0.215 e. The molecule has 0 atom stereocenters. The van der Waals surface area contributed by atoms with Gasteiger partial charge in [-0.3, -0.25) is 5.10 Å². The lowest BCUT2D eigenvalue weighted by Gasteiger charge is -2.29. The summed E-state index contributed by atoms with van der Waals surface area (Å²) in [7, 11) is 0. The lowest BCUT2D eigenvalue weighted by molar-refractivity contribution is 0.312. The van der Waals surface area contributed by atoms with Crippen molar-refractivity contribution in [3.8, 4) is 11.3 Å². The number of rotatable bonds is 4. The van der Waals surface area contributed by atoms with Gasteiger partial charge in [-0.1, -0.05) is 44.2 Å². The molecule has 3 aromatic rings. The summed E-state index contributed by atoms with van der Waals surface area (Å²) >= 11 is 0. The summed E-state index contributed by atoms with van der Waals surface area (Å²) in [6, 6.07) is 13.3. The van der Waals surface area contributed by atoms with Crippen LogP contribution in [-0.2, 0) is 19.4 Å². The van der Waals surface area contributed by atoms with E-state index in [0.717, 1.165) is 36.1 Å². The molecule has 1 aliphatic rings. The summed E-state index contributed by atoms with van der Waals surface area (Å²) in [5.74, 6) is 0.0303. The zero-order chi connectivity index (χ0) is 18.1. The Labute approximate surface area is 152 Å². The molecule has 0 aliphatic heterocycles. The van der Waals surface area contributed by atoms with E-state index in [4.69, 9.17) is 0 Å². The lowest BCUT2D eigenvalue weighted by Crippen LogP contribution is -2.21. The first-order valence-electron chi connectivity index (χ1n) is 9.02. The number of nitrogens with zero attached hydrogens (tertiary/aromatic N) is 2. The van der Waals surface area contributed by atoms with E-state index in [2.05, 4.69) is 34.3 Å². The zero-order valence-electron chi connectivity index (χ0n) is 15.1. The van der Waals surface area contributed by atoms with E-state index < -0.39 is 5.95 Å². The minimum Gasteiger partial charge on any atom is -0.366 e. The molecule has 0 saturated carbocycles. The average molecular weight is 350 g/mol. The molecule has 0 spiro atoms. The van der Waals surface area contributed by atoms with Gasteiger partial charge in [0.15, 0.2) is 0 Å². The van der Waals surface area contributed by atoms with Gasteiger partial charge >= 0.3 is 0 Å². The van der Waals surface area contributed by atoms with Crippen molar-refractivity contribution in [1.82, 2.24) is 15.2 Å². The Hall–Kier alpha value is -2.69. The number of anilines is 1. The Morgan fingerprint density at radius 1 is 1.19 bits per heavy atom. The van der Waals surface area contributed by atoms with E-state index >= 15 is 0 Å². The molecule has 0 saturated heterocycles. The topological polar surface area (TPSA) is 53.6 Å². The Kier molecular flexibility index (Phi) is 4.23. The molecule has 2 N–H and O–H groups in total. The van der Waals surface area contributed by atoms with Crippen LogP contribution in [0.1, 0.15) is 37.1 Å². The molecule has 1 aromatic carbocycles. The number of aromatic nitrogens is 3. The standard InChI is InChI=1S/C21H23FN4/c1-21(2)9-8-16-17(12-21)25-26-20(16)15-10-18(22)24-19(11-15)23-13-14-6-4-3-5-7-14/h3-7,10-11H,8-9,12-13H2,1-2H3,(H,23,24)(H,25,26). The Morgan fingerprint density at radius 3 is 2.81 bits per heavy atom. The van der Waals surface area contributed by atoms with Gasteiger partial charge in [-0.2, -0.15) is 9.49 Å². The fourth-order valence-corrected chi connectivity index (χ4v) is 3.60. The number of benzene rings is 1. The average Bonchev–Trinajstić information content (AvgIpc) is 3.02. The molecule has 0 radical (unpaired) electrons. The van der Waals surface area contributed by atoms with Crippen molar-refractivity contribution in [2.24, 2.45) is 5.41 Å². The van der Waals surface area contributed by atoms with Crippen molar-refractivity contribution in [3.63, 3.8) is 0 Å². The van der Waals surface area contributed by atoms with Gasteiger partial charge in [0.2, 0.25) is 5.95 Å². The number of H-pyrrole nitrogens is 1. The predicted octanol–water partition coefficient (Wildman–Crippen LogP) is 4.74. The Bertz CT molecular complexity index is 915. The predicted molar refractivity (Wildman–Crippen MR) is 101 cm³/mol. The summed E-state index contributed by atoms with van der Waals surface area (Å²) in [6.07, 6.45) is 3.05. The number of hydrogen-bond acceptors (Lipinski definition) is 3. The number of nitrogens with one attached hydrogen (secondary N) is 2. The molecule has 0 bridgehead atoms. The molecule has 134 valence electrons. The van der Waals surface area contributed by atoms with Gasteiger partial charge in [0.05, 0.1) is 5.69 Å². The van der Waals surface area contributed by atoms with E-state index in [1.54, 1.807) is 0 Å². The molecule has 26 heavy (non-hydrogen) atoms. The summed E-state index contributed by atoms with van der Waals surface area (Å²) in [4.78, 5) is 3.98. The number of hydrogen-bond donors (Lipinski definition) is 2. The maximum atomic E-state index is 14.1. The van der Waals surface area contributed by atoms with Crippen LogP contribution in [0.25, 0.3) is 11.3 Å². The number of fused-ring (bicyclic) bond motifs is 1. The second-order valence-electron chi connectivity index (χ2n) is 7.77. The van der Waals surface area contributed by atoms with Gasteiger partial charge in [0.1, 0.15) is 5.82 Å². The van der Waals surface area contributed by atoms with Crippen LogP contribution in [0.15, 0.2) is 42.5 Å². The Balaban J connectivity index is 1.60. The minimum absolute atomic E-state index is 0.280. The van der Waals surface area contributed by atoms with Crippen molar-refractivity contribution >= 4 is 5.82 Å². The molecular formula is C21H23FN4. The third-order valence-corrected chi connectivity index (χ3v) is 5.04. The number of pyridine rings is 1. The highest BCUT2D eigenvalue weighted by molar-refractivity contribution is 5.67. The fourth-order valence-electron chi connectivity index (χ4n) is 3.60. The number of halogens is 1. The summed E-state index contributed by atoms with van der Waals surface area (Å²) < 4.78 is 14.1. The van der Waals surface area contributed by atoms with E-state index in [1.165, 1.54) is 17.3 Å². The van der Waals surface area contributed by atoms with E-state index in [0.29, 0.717) is 12.4 Å². The van der Waals surface area contributed by atoms with Crippen LogP contribution in [0.2, 0.25) is 0 Å². The minimum atomic E-state index is -0.494. The van der Waals surface area contributed by atoms with Crippen molar-refractivity contribution in [2.45, 2.75) is 39.7 Å². The van der Waals surface area contributed by atoms with E-state index in [-0.39, 0.29) is 5.41 Å². The van der Waals surface area contributed by atoms with Crippen molar-refractivity contribution < 1.29 is 4.39 Å². The van der Waals surface area contributed by atoms with Crippen LogP contribution in [0.4, 0.5) is 10.2 Å². The van der Waals surface area contributed by atoms with E-state index in [1.807, 2.05) is 36.4 Å². The summed E-state index contributed by atoms with van der Waals surface area (Å²) in [5.41, 5.74) is 5.41. The Morgan fingerprint density at radius 2 is 2.00 bits per heavy atom. The first kappa shape index (κ1) is 16.8. The second kappa shape index (κ2) is 6.56. The molecule has 4 rings (SSSR count). The fraction of sp³-hybridized carbons (Fsp3) is 0.333. The summed E-state index contributed by atoms with van der Waals surface area (Å²) in [6.45, 7) is 5.14. The largest absolute Gasteiger partial charge is 0.366 e. The van der Waals surface area contributed by atoms with Crippen LogP contribution in [0, 0.1) is 11.4 Å². The molecule has 0 amide bonds. The van der Waals surface area contributed by atoms with Crippen molar-refractivity contribution in [1.29, 1.82) is 0 Å². The molecule has 4 nitrogen and oxygen atoms in total. The highest BCUT2D eigenvalue weighted by atomic mass is 19.1. The normalized spacial score (nSPS) is 15.5. The third kappa shape index (κ3) is 3.47. The van der Waals surface area contributed by atoms with Gasteiger partial charge in [-0.15, -0.1) is 0 Å². The van der Waals surface area contributed by atoms with Crippen LogP contribution >= 0.6 is 0 Å². The SMILES string of the molecule is CC1(C)CCc2c(-c3cc(F)nc(NCc4ccccc4)c3)n[nH]c2C1. The molecule has 0 unspecified atom stereocenters. The van der Waals surface area contributed by atoms with Crippen LogP contribution < -0.4 is 5.32 Å². The van der Waals surface area contributed by atoms with Crippen molar-refractivity contribution in [3.05, 3.63) is 65.2 Å². The molecular weight excluding hydrogens is 327 g/mol. The monoisotopic (exact) mass is 350 g/mol. The summed E-state index contributed by atoms with van der Waals surface area (Å²) in [5, 5.41) is 10.9. The second-order valence-corrected chi connectivity index (χ2v) is 7.77. The first-order chi connectivity index (χ1) is 12.5. The van der Waals surface area contributed by atoms with Gasteiger partial charge in [0, 0.05) is 29.4 Å². The molecule has 5 heteroatoms. The zero-order valence-corrected chi connectivity index (χ0v) is 15.1. The van der Waals surface area contributed by atoms with Crippen LogP contribution in [0.5, 0.6) is 0 Å². The quantitative estimate of drug-likeness (QED) is 0.668. The van der Waals surface area contributed by atoms with Gasteiger partial charge in [-0.05, 0) is 36.3 Å². The van der Waals surface area contributed by atoms with Gasteiger partial charge in [-0.25, -0.2) is 4.98 Å². The molecule has 2 aromatic heterocycles. The lowest BCUT2D eigenvalue weighted by atomic mass is 9.76. The van der Waals surface area contributed by atoms with Crippen LogP contribution in [-0.4, -0.2) is 15.2 Å². The van der Waals surface area contributed by atoms with E-state index in [9.17, 15) is 4.39 Å². The number of aromatic amines is 1. The highest BCUT2D eigenvalue weighted by Gasteiger charge is 2.29. The molecule has 1 aliphatic carbocycles. The third-order valence-electron chi connectivity index (χ3n) is 5.04. The highest BCUT2D eigenvalue weighted by Crippen LogP contribution is 2.38.